The lowest BCUT2D eigenvalue weighted by Gasteiger charge is -2.24. The Kier molecular flexibility index (Phi) is 4.45. The summed E-state index contributed by atoms with van der Waals surface area (Å²) in [6, 6.07) is 5.78. The van der Waals surface area contributed by atoms with Crippen molar-refractivity contribution in [3.05, 3.63) is 28.8 Å². The van der Waals surface area contributed by atoms with E-state index in [1.54, 1.807) is 19.2 Å². The number of ether oxygens (including phenoxy) is 1. The first kappa shape index (κ1) is 15.4. The van der Waals surface area contributed by atoms with Gasteiger partial charge in [0.2, 0.25) is 0 Å². The lowest BCUT2D eigenvalue weighted by molar-refractivity contribution is 0.169. The Balaban J connectivity index is 1.64. The molecular weight excluding hydrogens is 304 g/mol. The molecule has 2 aliphatic rings. The summed E-state index contributed by atoms with van der Waals surface area (Å²) in [5.41, 5.74) is 0.894. The zero-order valence-corrected chi connectivity index (χ0v) is 13.3. The highest BCUT2D eigenvalue weighted by molar-refractivity contribution is 6.30. The van der Waals surface area contributed by atoms with Crippen LogP contribution in [0.3, 0.4) is 0 Å². The summed E-state index contributed by atoms with van der Waals surface area (Å²) < 4.78 is 5.29. The van der Waals surface area contributed by atoms with Gasteiger partial charge < -0.3 is 20.1 Å². The smallest absolute Gasteiger partial charge is 0.318 e. The average molecular weight is 325 g/mol. The average Bonchev–Trinajstić information content (AvgIpc) is 3.10. The summed E-state index contributed by atoms with van der Waals surface area (Å²) in [5, 5.41) is 13.0. The molecule has 2 saturated heterocycles. The maximum atomic E-state index is 12.5. The summed E-state index contributed by atoms with van der Waals surface area (Å²) in [5.74, 6) is 0.903. The van der Waals surface area contributed by atoms with Gasteiger partial charge in [-0.2, -0.15) is 0 Å². The fraction of sp³-hybridized carbons (Fsp3) is 0.562. The number of hydrogen-bond donors (Lipinski definition) is 2. The fourth-order valence-corrected chi connectivity index (χ4v) is 3.91. The molecule has 0 saturated carbocycles. The maximum absolute atomic E-state index is 12.5. The Labute approximate surface area is 135 Å². The number of aliphatic hydroxyl groups is 1. The van der Waals surface area contributed by atoms with Crippen molar-refractivity contribution in [3.63, 3.8) is 0 Å². The van der Waals surface area contributed by atoms with E-state index >= 15 is 0 Å². The lowest BCUT2D eigenvalue weighted by atomic mass is 9.90. The van der Waals surface area contributed by atoms with Crippen molar-refractivity contribution in [2.75, 3.05) is 13.7 Å². The lowest BCUT2D eigenvalue weighted by Crippen LogP contribution is -2.43. The van der Waals surface area contributed by atoms with Crippen molar-refractivity contribution in [2.24, 2.45) is 5.92 Å². The third-order valence-electron chi connectivity index (χ3n) is 4.81. The number of methoxy groups -OCH3 is 1. The van der Waals surface area contributed by atoms with Crippen molar-refractivity contribution in [1.82, 2.24) is 10.2 Å². The van der Waals surface area contributed by atoms with Crippen LogP contribution in [0.1, 0.15) is 24.8 Å². The van der Waals surface area contributed by atoms with Gasteiger partial charge >= 0.3 is 6.03 Å². The minimum Gasteiger partial charge on any atom is -0.496 e. The van der Waals surface area contributed by atoms with Crippen LogP contribution in [0.2, 0.25) is 5.02 Å². The Morgan fingerprint density at radius 1 is 1.50 bits per heavy atom. The first-order valence-electron chi connectivity index (χ1n) is 7.63. The van der Waals surface area contributed by atoms with E-state index in [4.69, 9.17) is 16.3 Å². The number of amides is 2. The van der Waals surface area contributed by atoms with Gasteiger partial charge in [0.1, 0.15) is 5.75 Å². The second-order valence-corrected chi connectivity index (χ2v) is 6.44. The number of halogens is 1. The summed E-state index contributed by atoms with van der Waals surface area (Å²) >= 11 is 5.94. The first-order valence-corrected chi connectivity index (χ1v) is 8.01. The van der Waals surface area contributed by atoms with Gasteiger partial charge in [-0.25, -0.2) is 4.79 Å². The molecule has 3 unspecified atom stereocenters. The van der Waals surface area contributed by atoms with Crippen molar-refractivity contribution in [2.45, 2.75) is 37.9 Å². The topological polar surface area (TPSA) is 61.8 Å². The van der Waals surface area contributed by atoms with Crippen LogP contribution < -0.4 is 10.1 Å². The fourth-order valence-electron chi connectivity index (χ4n) is 3.75. The molecule has 2 bridgehead atoms. The van der Waals surface area contributed by atoms with Crippen molar-refractivity contribution in [1.29, 1.82) is 0 Å². The van der Waals surface area contributed by atoms with Crippen LogP contribution in [0.15, 0.2) is 18.2 Å². The second-order valence-electron chi connectivity index (χ2n) is 6.00. The minimum atomic E-state index is -0.0551. The third kappa shape index (κ3) is 2.75. The number of fused-ring (bicyclic) bond motifs is 2. The molecule has 22 heavy (non-hydrogen) atoms. The van der Waals surface area contributed by atoms with Crippen molar-refractivity contribution in [3.8, 4) is 5.75 Å². The molecule has 3 rings (SSSR count). The van der Waals surface area contributed by atoms with Gasteiger partial charge in [0.25, 0.3) is 0 Å². The van der Waals surface area contributed by atoms with Crippen LogP contribution in [0.4, 0.5) is 4.79 Å². The van der Waals surface area contributed by atoms with Gasteiger partial charge in [-0.3, -0.25) is 0 Å². The van der Waals surface area contributed by atoms with Gasteiger partial charge in [0.15, 0.2) is 0 Å². The van der Waals surface area contributed by atoms with E-state index in [9.17, 15) is 9.90 Å². The number of rotatable bonds is 4. The van der Waals surface area contributed by atoms with Crippen molar-refractivity contribution < 1.29 is 14.6 Å². The standard InChI is InChI=1S/C16H21ClN2O3/c1-22-15-7-12(17)3-2-10(15)8-18-16(21)19-13-4-5-14(19)11(6-13)9-20/h2-3,7,11,13-14,20H,4-6,8-9H2,1H3,(H,18,21). The first-order chi connectivity index (χ1) is 10.6. The van der Waals surface area contributed by atoms with Crippen LogP contribution in [-0.4, -0.2) is 41.8 Å². The van der Waals surface area contributed by atoms with Gasteiger partial charge in [-0.05, 0) is 31.4 Å². The highest BCUT2D eigenvalue weighted by atomic mass is 35.5. The molecule has 1 aromatic carbocycles. The number of nitrogens with one attached hydrogen (secondary N) is 1. The molecule has 2 fully saturated rings. The van der Waals surface area contributed by atoms with E-state index < -0.39 is 0 Å². The van der Waals surface area contributed by atoms with E-state index in [0.29, 0.717) is 17.3 Å². The molecular formula is C16H21ClN2O3. The molecule has 3 atom stereocenters. The molecule has 2 N–H and O–H groups in total. The predicted octanol–water partition coefficient (Wildman–Crippen LogP) is 2.40. The molecule has 120 valence electrons. The summed E-state index contributed by atoms with van der Waals surface area (Å²) in [6.45, 7) is 0.564. The van der Waals surface area contributed by atoms with Crippen LogP contribution in [-0.2, 0) is 6.54 Å². The Morgan fingerprint density at radius 3 is 3.00 bits per heavy atom. The largest absolute Gasteiger partial charge is 0.496 e. The van der Waals surface area contributed by atoms with E-state index in [1.807, 2.05) is 11.0 Å². The predicted molar refractivity (Wildman–Crippen MR) is 84.1 cm³/mol. The highest BCUT2D eigenvalue weighted by Gasteiger charge is 2.48. The molecule has 2 heterocycles. The van der Waals surface area contributed by atoms with Crippen LogP contribution in [0, 0.1) is 5.92 Å². The number of carbonyl (C=O) groups excluding carboxylic acids is 1. The molecule has 6 heteroatoms. The molecule has 1 aromatic rings. The molecule has 2 amide bonds. The summed E-state index contributed by atoms with van der Waals surface area (Å²) in [4.78, 5) is 14.4. The van der Waals surface area contributed by atoms with E-state index in [2.05, 4.69) is 5.32 Å². The van der Waals surface area contributed by atoms with E-state index in [0.717, 1.165) is 24.8 Å². The number of benzene rings is 1. The number of aliphatic hydroxyl groups excluding tert-OH is 1. The van der Waals surface area contributed by atoms with E-state index in [-0.39, 0.29) is 30.6 Å². The van der Waals surface area contributed by atoms with Gasteiger partial charge in [0.05, 0.1) is 7.11 Å². The molecule has 0 spiro atoms. The zero-order valence-electron chi connectivity index (χ0n) is 12.6. The van der Waals surface area contributed by atoms with Gasteiger partial charge in [-0.1, -0.05) is 17.7 Å². The summed E-state index contributed by atoms with van der Waals surface area (Å²) in [6.07, 6.45) is 2.95. The monoisotopic (exact) mass is 324 g/mol. The second kappa shape index (κ2) is 6.34. The summed E-state index contributed by atoms with van der Waals surface area (Å²) in [7, 11) is 1.59. The van der Waals surface area contributed by atoms with Crippen LogP contribution >= 0.6 is 11.6 Å². The SMILES string of the molecule is COc1cc(Cl)ccc1CNC(=O)N1C2CCC1C(CO)C2. The Bertz CT molecular complexity index is 566. The van der Waals surface area contributed by atoms with Gasteiger partial charge in [-0.15, -0.1) is 0 Å². The minimum absolute atomic E-state index is 0.0551. The normalized spacial score (nSPS) is 26.3. The van der Waals surface area contributed by atoms with Crippen LogP contribution in [0.5, 0.6) is 5.75 Å². The van der Waals surface area contributed by atoms with E-state index in [1.165, 1.54) is 0 Å². The van der Waals surface area contributed by atoms with Crippen molar-refractivity contribution >= 4 is 17.6 Å². The number of carbonyl (C=O) groups is 1. The maximum Gasteiger partial charge on any atom is 0.318 e. The highest BCUT2D eigenvalue weighted by Crippen LogP contribution is 2.41. The molecule has 2 aliphatic heterocycles. The number of hydrogen-bond acceptors (Lipinski definition) is 3. The number of urea groups is 1. The molecule has 0 aliphatic carbocycles. The molecule has 0 radical (unpaired) electrons. The third-order valence-corrected chi connectivity index (χ3v) is 5.05. The zero-order chi connectivity index (χ0) is 15.7. The quantitative estimate of drug-likeness (QED) is 0.894. The van der Waals surface area contributed by atoms with Gasteiger partial charge in [0, 0.05) is 41.7 Å². The Morgan fingerprint density at radius 2 is 2.32 bits per heavy atom. The Hall–Kier alpha value is -1.46. The molecule has 5 nitrogen and oxygen atoms in total. The van der Waals surface area contributed by atoms with Crippen LogP contribution in [0.25, 0.3) is 0 Å². The number of nitrogens with zero attached hydrogens (tertiary/aromatic N) is 1. The molecule has 0 aromatic heterocycles.